The Labute approximate surface area is 127 Å². The maximum Gasteiger partial charge on any atom is 0.310 e. The molecular formula is C16H15NO5. The van der Waals surface area contributed by atoms with E-state index in [4.69, 9.17) is 9.47 Å². The predicted molar refractivity (Wildman–Crippen MR) is 79.6 cm³/mol. The van der Waals surface area contributed by atoms with Crippen molar-refractivity contribution in [2.24, 2.45) is 0 Å². The fraction of sp³-hybridized carbons (Fsp3) is 0.188. The molecule has 0 aliphatic rings. The van der Waals surface area contributed by atoms with Gasteiger partial charge >= 0.3 is 5.97 Å². The van der Waals surface area contributed by atoms with Crippen LogP contribution in [0, 0.1) is 10.1 Å². The number of carbonyl (C=O) groups excluding carboxylic acids is 1. The Bertz CT molecular complexity index is 649. The first kappa shape index (κ1) is 15.5. The number of hydrogen-bond acceptors (Lipinski definition) is 5. The molecule has 0 fully saturated rings. The zero-order chi connectivity index (χ0) is 15.9. The third kappa shape index (κ3) is 4.31. The van der Waals surface area contributed by atoms with Crippen LogP contribution in [0.1, 0.15) is 11.1 Å². The number of methoxy groups -OCH3 is 1. The molecule has 0 heterocycles. The van der Waals surface area contributed by atoms with Crippen molar-refractivity contribution in [1.82, 2.24) is 0 Å². The predicted octanol–water partition coefficient (Wildman–Crippen LogP) is 2.89. The molecule has 114 valence electrons. The van der Waals surface area contributed by atoms with E-state index in [1.807, 2.05) is 0 Å². The molecule has 0 N–H and O–H groups in total. The van der Waals surface area contributed by atoms with E-state index in [-0.39, 0.29) is 24.7 Å². The molecule has 6 heteroatoms. The summed E-state index contributed by atoms with van der Waals surface area (Å²) in [7, 11) is 1.58. The fourth-order valence-corrected chi connectivity index (χ4v) is 1.84. The number of esters is 1. The maximum absolute atomic E-state index is 11.8. The van der Waals surface area contributed by atoms with Crippen molar-refractivity contribution in [3.8, 4) is 5.75 Å². The van der Waals surface area contributed by atoms with E-state index in [0.717, 1.165) is 11.3 Å². The molecule has 22 heavy (non-hydrogen) atoms. The molecule has 0 radical (unpaired) electrons. The molecule has 0 saturated heterocycles. The first-order valence-corrected chi connectivity index (χ1v) is 6.60. The average molecular weight is 301 g/mol. The molecule has 6 nitrogen and oxygen atoms in total. The van der Waals surface area contributed by atoms with E-state index in [2.05, 4.69) is 0 Å². The molecule has 0 atom stereocenters. The summed E-state index contributed by atoms with van der Waals surface area (Å²) in [4.78, 5) is 21.8. The van der Waals surface area contributed by atoms with Gasteiger partial charge in [-0.2, -0.15) is 0 Å². The highest BCUT2D eigenvalue weighted by atomic mass is 16.6. The quantitative estimate of drug-likeness (QED) is 0.465. The molecule has 2 rings (SSSR count). The normalized spacial score (nSPS) is 10.0. The molecule has 0 bridgehead atoms. The number of nitrogens with zero attached hydrogens (tertiary/aromatic N) is 1. The summed E-state index contributed by atoms with van der Waals surface area (Å²) in [5.41, 5.74) is 1.54. The SMILES string of the molecule is COc1ccc(CC(=O)OCc2ccc([N+](=O)[O-])cc2)cc1. The Hall–Kier alpha value is -2.89. The van der Waals surface area contributed by atoms with Gasteiger partial charge in [-0.05, 0) is 35.4 Å². The molecule has 2 aromatic rings. The zero-order valence-corrected chi connectivity index (χ0v) is 12.0. The lowest BCUT2D eigenvalue weighted by Gasteiger charge is -2.06. The lowest BCUT2D eigenvalue weighted by Crippen LogP contribution is -2.08. The van der Waals surface area contributed by atoms with Crippen LogP contribution in [0.3, 0.4) is 0 Å². The molecule has 0 saturated carbocycles. The lowest BCUT2D eigenvalue weighted by molar-refractivity contribution is -0.384. The van der Waals surface area contributed by atoms with Crippen molar-refractivity contribution >= 4 is 11.7 Å². The van der Waals surface area contributed by atoms with Crippen molar-refractivity contribution in [2.45, 2.75) is 13.0 Å². The van der Waals surface area contributed by atoms with E-state index in [1.165, 1.54) is 12.1 Å². The highest BCUT2D eigenvalue weighted by molar-refractivity contribution is 5.72. The molecule has 0 amide bonds. The largest absolute Gasteiger partial charge is 0.497 e. The van der Waals surface area contributed by atoms with E-state index >= 15 is 0 Å². The average Bonchev–Trinajstić information content (AvgIpc) is 2.54. The summed E-state index contributed by atoms with van der Waals surface area (Å²) in [5, 5.41) is 10.5. The standard InChI is InChI=1S/C16H15NO5/c1-21-15-8-4-12(5-9-15)10-16(18)22-11-13-2-6-14(7-3-13)17(19)20/h2-9H,10-11H2,1H3. The van der Waals surface area contributed by atoms with Crippen LogP contribution in [0.15, 0.2) is 48.5 Å². The molecule has 0 aliphatic carbocycles. The second-order valence-corrected chi connectivity index (χ2v) is 4.61. The van der Waals surface area contributed by atoms with Gasteiger partial charge in [-0.1, -0.05) is 12.1 Å². The van der Waals surface area contributed by atoms with Gasteiger partial charge in [0.05, 0.1) is 18.5 Å². The van der Waals surface area contributed by atoms with Crippen LogP contribution in [-0.2, 0) is 22.6 Å². The summed E-state index contributed by atoms with van der Waals surface area (Å²) in [5.74, 6) is 0.367. The Balaban J connectivity index is 1.85. The molecule has 0 aromatic heterocycles. The lowest BCUT2D eigenvalue weighted by atomic mass is 10.1. The minimum Gasteiger partial charge on any atom is -0.497 e. The van der Waals surface area contributed by atoms with Crippen LogP contribution in [0.2, 0.25) is 0 Å². The van der Waals surface area contributed by atoms with Crippen LogP contribution in [0.25, 0.3) is 0 Å². The monoisotopic (exact) mass is 301 g/mol. The highest BCUT2D eigenvalue weighted by Gasteiger charge is 2.07. The summed E-state index contributed by atoms with van der Waals surface area (Å²) in [6.07, 6.45) is 0.164. The number of benzene rings is 2. The molecule has 0 unspecified atom stereocenters. The van der Waals surface area contributed by atoms with Crippen LogP contribution in [-0.4, -0.2) is 18.0 Å². The smallest absolute Gasteiger partial charge is 0.310 e. The summed E-state index contributed by atoms with van der Waals surface area (Å²) >= 11 is 0. The minimum atomic E-state index is -0.473. The Morgan fingerprint density at radius 3 is 2.18 bits per heavy atom. The zero-order valence-electron chi connectivity index (χ0n) is 12.0. The van der Waals surface area contributed by atoms with Gasteiger partial charge in [-0.15, -0.1) is 0 Å². The first-order valence-electron chi connectivity index (χ1n) is 6.60. The highest BCUT2D eigenvalue weighted by Crippen LogP contribution is 2.14. The summed E-state index contributed by atoms with van der Waals surface area (Å²) in [6.45, 7) is 0.0903. The number of carbonyl (C=O) groups is 1. The number of hydrogen-bond donors (Lipinski definition) is 0. The van der Waals surface area contributed by atoms with Crippen LogP contribution in [0.4, 0.5) is 5.69 Å². The maximum atomic E-state index is 11.8. The Morgan fingerprint density at radius 1 is 1.05 bits per heavy atom. The molecule has 0 aliphatic heterocycles. The third-order valence-electron chi connectivity index (χ3n) is 3.05. The van der Waals surface area contributed by atoms with Gasteiger partial charge < -0.3 is 9.47 Å². The van der Waals surface area contributed by atoms with Gasteiger partial charge in [0.25, 0.3) is 5.69 Å². The number of nitro groups is 1. The van der Waals surface area contributed by atoms with Crippen LogP contribution < -0.4 is 4.74 Å². The number of nitro benzene ring substituents is 1. The van der Waals surface area contributed by atoms with Gasteiger partial charge in [-0.25, -0.2) is 0 Å². The van der Waals surface area contributed by atoms with Crippen molar-refractivity contribution < 1.29 is 19.2 Å². The molecule has 2 aromatic carbocycles. The van der Waals surface area contributed by atoms with Gasteiger partial charge in [0.1, 0.15) is 12.4 Å². The van der Waals surface area contributed by atoms with Crippen molar-refractivity contribution in [1.29, 1.82) is 0 Å². The first-order chi connectivity index (χ1) is 10.6. The Morgan fingerprint density at radius 2 is 1.64 bits per heavy atom. The topological polar surface area (TPSA) is 78.7 Å². The van der Waals surface area contributed by atoms with Crippen molar-refractivity contribution in [3.05, 3.63) is 69.8 Å². The van der Waals surface area contributed by atoms with Gasteiger partial charge in [0.2, 0.25) is 0 Å². The van der Waals surface area contributed by atoms with Crippen LogP contribution in [0.5, 0.6) is 5.75 Å². The van der Waals surface area contributed by atoms with Gasteiger partial charge in [0.15, 0.2) is 0 Å². The van der Waals surface area contributed by atoms with E-state index in [9.17, 15) is 14.9 Å². The third-order valence-corrected chi connectivity index (χ3v) is 3.05. The van der Waals surface area contributed by atoms with Gasteiger partial charge in [0, 0.05) is 12.1 Å². The number of ether oxygens (including phenoxy) is 2. The second kappa shape index (κ2) is 7.21. The van der Waals surface area contributed by atoms with E-state index < -0.39 is 4.92 Å². The van der Waals surface area contributed by atoms with Gasteiger partial charge in [-0.3, -0.25) is 14.9 Å². The molecule has 0 spiro atoms. The summed E-state index contributed by atoms with van der Waals surface area (Å²) in [6, 6.07) is 13.0. The number of non-ortho nitro benzene ring substituents is 1. The fourth-order valence-electron chi connectivity index (χ4n) is 1.84. The summed E-state index contributed by atoms with van der Waals surface area (Å²) < 4.78 is 10.2. The van der Waals surface area contributed by atoms with Crippen molar-refractivity contribution in [2.75, 3.05) is 7.11 Å². The number of rotatable bonds is 6. The minimum absolute atomic E-state index is 0.00769. The van der Waals surface area contributed by atoms with Crippen molar-refractivity contribution in [3.63, 3.8) is 0 Å². The van der Waals surface area contributed by atoms with E-state index in [0.29, 0.717) is 5.56 Å². The van der Waals surface area contributed by atoms with Crippen LogP contribution >= 0.6 is 0 Å². The Kier molecular flexibility index (Phi) is 5.08. The van der Waals surface area contributed by atoms with E-state index in [1.54, 1.807) is 43.5 Å². The second-order valence-electron chi connectivity index (χ2n) is 4.61. The molecular weight excluding hydrogens is 286 g/mol.